The van der Waals surface area contributed by atoms with E-state index in [0.29, 0.717) is 24.9 Å². The first-order valence-electron chi connectivity index (χ1n) is 8.19. The number of H-pyrrole nitrogens is 1. The van der Waals surface area contributed by atoms with Crippen LogP contribution >= 0.6 is 0 Å². The van der Waals surface area contributed by atoms with Gasteiger partial charge in [-0.2, -0.15) is 4.31 Å². The minimum Gasteiger partial charge on any atom is -0.459 e. The van der Waals surface area contributed by atoms with Gasteiger partial charge < -0.3 is 9.15 Å². The van der Waals surface area contributed by atoms with Crippen molar-refractivity contribution in [2.45, 2.75) is 23.8 Å². The molecule has 0 saturated carbocycles. The highest BCUT2D eigenvalue weighted by molar-refractivity contribution is 7.89. The monoisotopic (exact) mass is 394 g/mol. The highest BCUT2D eigenvalue weighted by Crippen LogP contribution is 2.24. The van der Waals surface area contributed by atoms with Crippen LogP contribution in [0.5, 0.6) is 6.01 Å². The van der Waals surface area contributed by atoms with Gasteiger partial charge in [-0.3, -0.25) is 4.98 Å². The van der Waals surface area contributed by atoms with Crippen LogP contribution in [0.25, 0.3) is 11.1 Å². The van der Waals surface area contributed by atoms with E-state index in [2.05, 4.69) is 15.0 Å². The van der Waals surface area contributed by atoms with Crippen LogP contribution in [0.1, 0.15) is 12.8 Å². The number of benzene rings is 1. The first kappa shape index (κ1) is 17.6. The number of nitrogens with one attached hydrogen (secondary N) is 1. The first-order valence-corrected chi connectivity index (χ1v) is 9.63. The normalized spacial score (nSPS) is 18.6. The summed E-state index contributed by atoms with van der Waals surface area (Å²) in [6.07, 6.45) is 2.74. The van der Waals surface area contributed by atoms with E-state index in [0.717, 1.165) is 12.4 Å². The van der Waals surface area contributed by atoms with Crippen molar-refractivity contribution >= 4 is 21.1 Å². The summed E-state index contributed by atoms with van der Waals surface area (Å²) in [5.41, 5.74) is 0.595. The molecule has 1 atom stereocenters. The average molecular weight is 394 g/mol. The molecule has 142 valence electrons. The van der Waals surface area contributed by atoms with Crippen molar-refractivity contribution in [2.75, 3.05) is 13.1 Å². The number of piperidine rings is 1. The van der Waals surface area contributed by atoms with Crippen LogP contribution in [-0.2, 0) is 10.0 Å². The summed E-state index contributed by atoms with van der Waals surface area (Å²) in [5, 5.41) is 0. The molecule has 4 rings (SSSR count). The van der Waals surface area contributed by atoms with Gasteiger partial charge in [0.05, 0.1) is 29.4 Å². The Morgan fingerprint density at radius 2 is 2.07 bits per heavy atom. The Balaban J connectivity index is 1.55. The number of nitrogens with zero attached hydrogens (tertiary/aromatic N) is 3. The Kier molecular flexibility index (Phi) is 4.40. The SMILES string of the molecule is O=c1[nH]c2cc(S(=O)(=O)N3CCCC(Oc4ncc(F)cn4)C3)ccc2o1. The molecule has 0 aliphatic carbocycles. The van der Waals surface area contributed by atoms with Gasteiger partial charge >= 0.3 is 11.8 Å². The Morgan fingerprint density at radius 3 is 2.85 bits per heavy atom. The van der Waals surface area contributed by atoms with Crippen molar-refractivity contribution in [2.24, 2.45) is 0 Å². The molecule has 1 aromatic carbocycles. The standard InChI is InChI=1S/C16H15FN4O5S/c17-10-7-18-15(19-8-10)25-11-2-1-5-21(9-11)27(23,24)12-3-4-14-13(6-12)20-16(22)26-14/h3-4,6-8,11H,1-2,5,9H2,(H,20,22). The lowest BCUT2D eigenvalue weighted by Gasteiger charge is -2.31. The summed E-state index contributed by atoms with van der Waals surface area (Å²) in [5.74, 6) is -1.23. The fourth-order valence-corrected chi connectivity index (χ4v) is 4.51. The third-order valence-electron chi connectivity index (χ3n) is 4.24. The maximum Gasteiger partial charge on any atom is 0.417 e. The number of ether oxygens (including phenoxy) is 1. The lowest BCUT2D eigenvalue weighted by molar-refractivity contribution is 0.119. The minimum atomic E-state index is -3.79. The smallest absolute Gasteiger partial charge is 0.417 e. The minimum absolute atomic E-state index is 0.00181. The average Bonchev–Trinajstić information content (AvgIpc) is 3.03. The molecule has 3 heterocycles. The Labute approximate surface area is 152 Å². The number of halogens is 1. The maximum absolute atomic E-state index is 12.9. The van der Waals surface area contributed by atoms with Crippen LogP contribution in [0.4, 0.5) is 4.39 Å². The fraction of sp³-hybridized carbons (Fsp3) is 0.312. The maximum atomic E-state index is 12.9. The molecular formula is C16H15FN4O5S. The molecule has 0 bridgehead atoms. The quantitative estimate of drug-likeness (QED) is 0.708. The zero-order valence-electron chi connectivity index (χ0n) is 14.0. The van der Waals surface area contributed by atoms with E-state index in [9.17, 15) is 17.6 Å². The molecule has 1 unspecified atom stereocenters. The van der Waals surface area contributed by atoms with Crippen molar-refractivity contribution in [3.05, 3.63) is 47.0 Å². The van der Waals surface area contributed by atoms with Crippen molar-refractivity contribution in [1.82, 2.24) is 19.3 Å². The predicted octanol–water partition coefficient (Wildman–Crippen LogP) is 1.28. The zero-order chi connectivity index (χ0) is 19.0. The predicted molar refractivity (Wildman–Crippen MR) is 91.2 cm³/mol. The molecule has 9 nitrogen and oxygen atoms in total. The third kappa shape index (κ3) is 3.55. The largest absolute Gasteiger partial charge is 0.459 e. The van der Waals surface area contributed by atoms with Gasteiger partial charge in [-0.15, -0.1) is 0 Å². The van der Waals surface area contributed by atoms with Crippen LogP contribution in [-0.4, -0.2) is 46.9 Å². The number of sulfonamides is 1. The van der Waals surface area contributed by atoms with Gasteiger partial charge in [-0.25, -0.2) is 27.6 Å². The molecular weight excluding hydrogens is 379 g/mol. The molecule has 1 N–H and O–H groups in total. The molecule has 1 fully saturated rings. The molecule has 1 aliphatic heterocycles. The molecule has 11 heteroatoms. The van der Waals surface area contributed by atoms with E-state index >= 15 is 0 Å². The Hall–Kier alpha value is -2.79. The van der Waals surface area contributed by atoms with Crippen LogP contribution < -0.4 is 10.5 Å². The molecule has 1 saturated heterocycles. The van der Waals surface area contributed by atoms with Crippen molar-refractivity contribution in [3.63, 3.8) is 0 Å². The Morgan fingerprint density at radius 1 is 1.30 bits per heavy atom. The molecule has 1 aliphatic rings. The molecule has 27 heavy (non-hydrogen) atoms. The number of aromatic amines is 1. The number of aromatic nitrogens is 3. The van der Waals surface area contributed by atoms with Crippen molar-refractivity contribution in [1.29, 1.82) is 0 Å². The summed E-state index contributed by atoms with van der Waals surface area (Å²) in [6.45, 7) is 0.454. The van der Waals surface area contributed by atoms with Crippen LogP contribution in [0, 0.1) is 5.82 Å². The summed E-state index contributed by atoms with van der Waals surface area (Å²) in [4.78, 5) is 21.2. The molecule has 0 amide bonds. The lowest BCUT2D eigenvalue weighted by Crippen LogP contribution is -2.44. The van der Waals surface area contributed by atoms with Gasteiger partial charge in [0, 0.05) is 6.54 Å². The van der Waals surface area contributed by atoms with E-state index < -0.39 is 27.7 Å². The topological polar surface area (TPSA) is 118 Å². The van der Waals surface area contributed by atoms with Crippen molar-refractivity contribution < 1.29 is 22.0 Å². The number of hydrogen-bond acceptors (Lipinski definition) is 7. The van der Waals surface area contributed by atoms with E-state index in [1.807, 2.05) is 0 Å². The van der Waals surface area contributed by atoms with Gasteiger partial charge in [-0.1, -0.05) is 0 Å². The van der Waals surface area contributed by atoms with Crippen LogP contribution in [0.15, 0.2) is 44.7 Å². The van der Waals surface area contributed by atoms with Crippen LogP contribution in [0.3, 0.4) is 0 Å². The number of fused-ring (bicyclic) bond motifs is 1. The van der Waals surface area contributed by atoms with Crippen molar-refractivity contribution in [3.8, 4) is 6.01 Å². The highest BCUT2D eigenvalue weighted by Gasteiger charge is 2.32. The number of rotatable bonds is 4. The number of oxazole rings is 1. The molecule has 2 aromatic heterocycles. The summed E-state index contributed by atoms with van der Waals surface area (Å²) in [7, 11) is -3.79. The highest BCUT2D eigenvalue weighted by atomic mass is 32.2. The van der Waals surface area contributed by atoms with Gasteiger partial charge in [-0.05, 0) is 31.0 Å². The van der Waals surface area contributed by atoms with E-state index in [1.54, 1.807) is 0 Å². The van der Waals surface area contributed by atoms with E-state index in [1.165, 1.54) is 22.5 Å². The molecule has 0 radical (unpaired) electrons. The van der Waals surface area contributed by atoms with E-state index in [4.69, 9.17) is 9.15 Å². The fourth-order valence-electron chi connectivity index (χ4n) is 2.97. The second-order valence-corrected chi connectivity index (χ2v) is 8.04. The Bertz CT molecular complexity index is 1130. The first-order chi connectivity index (χ1) is 12.9. The van der Waals surface area contributed by atoms with Gasteiger partial charge in [0.15, 0.2) is 11.4 Å². The summed E-state index contributed by atoms with van der Waals surface area (Å²) in [6, 6.07) is 4.19. The van der Waals surface area contributed by atoms with Gasteiger partial charge in [0.25, 0.3) is 0 Å². The zero-order valence-corrected chi connectivity index (χ0v) is 14.8. The second kappa shape index (κ2) is 6.74. The third-order valence-corrected chi connectivity index (χ3v) is 6.10. The van der Waals surface area contributed by atoms with Gasteiger partial charge in [0.1, 0.15) is 6.10 Å². The molecule has 0 spiro atoms. The molecule has 3 aromatic rings. The summed E-state index contributed by atoms with van der Waals surface area (Å²) >= 11 is 0. The van der Waals surface area contributed by atoms with E-state index in [-0.39, 0.29) is 23.0 Å². The van der Waals surface area contributed by atoms with Gasteiger partial charge in [0.2, 0.25) is 10.0 Å². The summed E-state index contributed by atoms with van der Waals surface area (Å²) < 4.78 is 50.6. The second-order valence-electron chi connectivity index (χ2n) is 6.10. The van der Waals surface area contributed by atoms with Crippen LogP contribution in [0.2, 0.25) is 0 Å². The number of hydrogen-bond donors (Lipinski definition) is 1. The lowest BCUT2D eigenvalue weighted by atomic mass is 10.1.